The second kappa shape index (κ2) is 13.1. The van der Waals surface area contributed by atoms with Crippen molar-refractivity contribution in [2.24, 2.45) is 11.7 Å². The van der Waals surface area contributed by atoms with Gasteiger partial charge in [-0.05, 0) is 47.7 Å². The molecule has 0 heterocycles. The molecule has 3 unspecified atom stereocenters. The van der Waals surface area contributed by atoms with E-state index in [0.717, 1.165) is 0 Å². The van der Waals surface area contributed by atoms with Crippen LogP contribution in [0.15, 0.2) is 48.5 Å². The molecule has 2 rings (SSSR count). The monoisotopic (exact) mass is 500 g/mol. The summed E-state index contributed by atoms with van der Waals surface area (Å²) in [6.45, 7) is 2.77. The van der Waals surface area contributed by atoms with Crippen molar-refractivity contribution in [3.8, 4) is 11.5 Å². The zero-order chi connectivity index (χ0) is 26.8. The first-order valence-corrected chi connectivity index (χ1v) is 11.4. The van der Waals surface area contributed by atoms with Gasteiger partial charge >= 0.3 is 5.97 Å². The van der Waals surface area contributed by atoms with Crippen LogP contribution in [-0.2, 0) is 32.0 Å². The molecular weight excluding hydrogens is 468 g/mol. The number of carbonyl (C=O) groups is 4. The molecule has 0 aromatic heterocycles. The Labute approximate surface area is 208 Å². The van der Waals surface area contributed by atoms with E-state index in [1.807, 2.05) is 0 Å². The molecule has 0 saturated carbocycles. The fourth-order valence-electron chi connectivity index (χ4n) is 3.40. The average molecular weight is 501 g/mol. The lowest BCUT2D eigenvalue weighted by Crippen LogP contribution is -2.58. The molecule has 0 radical (unpaired) electrons. The first-order chi connectivity index (χ1) is 17.0. The van der Waals surface area contributed by atoms with E-state index in [4.69, 9.17) is 10.8 Å². The van der Waals surface area contributed by atoms with Gasteiger partial charge in [-0.1, -0.05) is 38.1 Å². The van der Waals surface area contributed by atoms with Crippen molar-refractivity contribution < 1.29 is 34.5 Å². The Balaban J connectivity index is 2.17. The minimum atomic E-state index is -1.22. The summed E-state index contributed by atoms with van der Waals surface area (Å²) in [4.78, 5) is 49.3. The minimum absolute atomic E-state index is 0.0367. The second-order valence-electron chi connectivity index (χ2n) is 8.75. The van der Waals surface area contributed by atoms with Crippen molar-refractivity contribution in [2.75, 3.05) is 6.54 Å². The van der Waals surface area contributed by atoms with Gasteiger partial charge < -0.3 is 37.0 Å². The van der Waals surface area contributed by atoms with E-state index in [0.29, 0.717) is 11.1 Å². The number of hydrogen-bond donors (Lipinski definition) is 7. The molecule has 0 fully saturated rings. The molecule has 8 N–H and O–H groups in total. The van der Waals surface area contributed by atoms with Gasteiger partial charge in [-0.2, -0.15) is 0 Å². The minimum Gasteiger partial charge on any atom is -0.508 e. The van der Waals surface area contributed by atoms with Crippen LogP contribution in [0.3, 0.4) is 0 Å². The van der Waals surface area contributed by atoms with Crippen LogP contribution in [0.2, 0.25) is 0 Å². The Morgan fingerprint density at radius 1 is 0.778 bits per heavy atom. The normalized spacial score (nSPS) is 13.3. The number of carbonyl (C=O) groups excluding carboxylic acids is 3. The highest BCUT2D eigenvalue weighted by atomic mass is 16.4. The van der Waals surface area contributed by atoms with Crippen LogP contribution >= 0.6 is 0 Å². The number of carboxylic acids is 1. The summed E-state index contributed by atoms with van der Waals surface area (Å²) in [6, 6.07) is 9.14. The predicted octanol–water partition coefficient (Wildman–Crippen LogP) is 0.0367. The largest absolute Gasteiger partial charge is 0.508 e. The lowest BCUT2D eigenvalue weighted by atomic mass is 10.00. The molecule has 0 aliphatic heterocycles. The molecule has 2 aromatic carbocycles. The molecular formula is C25H32N4O7. The van der Waals surface area contributed by atoms with Gasteiger partial charge in [0.05, 0.1) is 6.04 Å². The number of phenolic OH excluding ortho intramolecular Hbond substituents is 2. The molecule has 3 amide bonds. The number of nitrogens with one attached hydrogen (secondary N) is 3. The number of carboxylic acid groups (broad SMARTS) is 1. The van der Waals surface area contributed by atoms with Crippen molar-refractivity contribution in [1.82, 2.24) is 16.0 Å². The van der Waals surface area contributed by atoms with Crippen molar-refractivity contribution in [3.05, 3.63) is 59.7 Å². The zero-order valence-electron chi connectivity index (χ0n) is 20.1. The molecule has 11 nitrogen and oxygen atoms in total. The summed E-state index contributed by atoms with van der Waals surface area (Å²) >= 11 is 0. The number of rotatable bonds is 12. The molecule has 3 atom stereocenters. The van der Waals surface area contributed by atoms with Crippen LogP contribution in [0.25, 0.3) is 0 Å². The van der Waals surface area contributed by atoms with Gasteiger partial charge in [0.1, 0.15) is 30.1 Å². The van der Waals surface area contributed by atoms with Crippen molar-refractivity contribution >= 4 is 23.7 Å². The van der Waals surface area contributed by atoms with E-state index in [9.17, 15) is 29.4 Å². The highest BCUT2D eigenvalue weighted by Gasteiger charge is 2.30. The highest BCUT2D eigenvalue weighted by molar-refractivity contribution is 5.94. The Morgan fingerprint density at radius 2 is 1.28 bits per heavy atom. The summed E-state index contributed by atoms with van der Waals surface area (Å²) in [5.74, 6) is -3.40. The van der Waals surface area contributed by atoms with Gasteiger partial charge in [0.2, 0.25) is 17.7 Å². The van der Waals surface area contributed by atoms with Crippen LogP contribution in [0.4, 0.5) is 0 Å². The summed E-state index contributed by atoms with van der Waals surface area (Å²) < 4.78 is 0. The van der Waals surface area contributed by atoms with E-state index >= 15 is 0 Å². The van der Waals surface area contributed by atoms with Gasteiger partial charge in [0.25, 0.3) is 0 Å². The maximum atomic E-state index is 13.2. The number of aromatic hydroxyl groups is 2. The van der Waals surface area contributed by atoms with E-state index in [-0.39, 0.29) is 30.3 Å². The average Bonchev–Trinajstić information content (AvgIpc) is 2.82. The quantitative estimate of drug-likeness (QED) is 0.212. The van der Waals surface area contributed by atoms with Crippen LogP contribution in [0.1, 0.15) is 25.0 Å². The number of phenols is 2. The number of amides is 3. The summed E-state index contributed by atoms with van der Waals surface area (Å²) in [5, 5.41) is 35.2. The molecule has 0 bridgehead atoms. The Bertz CT molecular complexity index is 1060. The summed E-state index contributed by atoms with van der Waals surface area (Å²) in [6.07, 6.45) is 0.206. The number of nitrogens with two attached hydrogens (primary N) is 1. The van der Waals surface area contributed by atoms with E-state index in [1.165, 1.54) is 24.3 Å². The third kappa shape index (κ3) is 8.91. The van der Waals surface area contributed by atoms with Gasteiger partial charge in [0, 0.05) is 6.42 Å². The Hall–Kier alpha value is -4.12. The first kappa shape index (κ1) is 28.1. The molecule has 0 saturated heterocycles. The van der Waals surface area contributed by atoms with Gasteiger partial charge in [-0.25, -0.2) is 0 Å². The molecule has 11 heteroatoms. The summed E-state index contributed by atoms with van der Waals surface area (Å²) in [5.41, 5.74) is 7.40. The molecule has 0 spiro atoms. The first-order valence-electron chi connectivity index (χ1n) is 11.4. The molecule has 0 aliphatic rings. The van der Waals surface area contributed by atoms with E-state index < -0.39 is 48.4 Å². The number of hydrogen-bond acceptors (Lipinski definition) is 7. The van der Waals surface area contributed by atoms with E-state index in [1.54, 1.807) is 38.1 Å². The molecule has 2 aromatic rings. The third-order valence-electron chi connectivity index (χ3n) is 5.40. The standard InChI is InChI=1S/C25H32N4O7/c1-14(2)22(25(36)27-13-21(32)33)29-24(35)20(12-16-5-9-18(31)10-6-16)28-23(34)19(26)11-15-3-7-17(30)8-4-15/h3-10,14,19-20,22,30-31H,11-13,26H2,1-2H3,(H,27,36)(H,28,34)(H,29,35)(H,32,33). The van der Waals surface area contributed by atoms with Gasteiger partial charge in [-0.3, -0.25) is 19.2 Å². The Kier molecular flexibility index (Phi) is 10.2. The lowest BCUT2D eigenvalue weighted by molar-refractivity contribution is -0.139. The third-order valence-corrected chi connectivity index (χ3v) is 5.40. The SMILES string of the molecule is CC(C)C(NC(=O)C(Cc1ccc(O)cc1)NC(=O)C(N)Cc1ccc(O)cc1)C(=O)NCC(=O)O. The van der Waals surface area contributed by atoms with Crippen LogP contribution in [0, 0.1) is 5.92 Å². The maximum Gasteiger partial charge on any atom is 0.322 e. The predicted molar refractivity (Wildman–Crippen MR) is 131 cm³/mol. The van der Waals surface area contributed by atoms with Gasteiger partial charge in [-0.15, -0.1) is 0 Å². The molecule has 194 valence electrons. The fourth-order valence-corrected chi connectivity index (χ4v) is 3.40. The molecule has 36 heavy (non-hydrogen) atoms. The number of aliphatic carboxylic acids is 1. The van der Waals surface area contributed by atoms with Crippen molar-refractivity contribution in [3.63, 3.8) is 0 Å². The van der Waals surface area contributed by atoms with Gasteiger partial charge in [0.15, 0.2) is 0 Å². The summed E-state index contributed by atoms with van der Waals surface area (Å²) in [7, 11) is 0. The van der Waals surface area contributed by atoms with Crippen molar-refractivity contribution in [1.29, 1.82) is 0 Å². The molecule has 0 aliphatic carbocycles. The second-order valence-corrected chi connectivity index (χ2v) is 8.75. The van der Waals surface area contributed by atoms with Crippen LogP contribution in [-0.4, -0.2) is 63.7 Å². The highest BCUT2D eigenvalue weighted by Crippen LogP contribution is 2.13. The topological polar surface area (TPSA) is 191 Å². The maximum absolute atomic E-state index is 13.2. The van der Waals surface area contributed by atoms with E-state index in [2.05, 4.69) is 16.0 Å². The van der Waals surface area contributed by atoms with Crippen molar-refractivity contribution in [2.45, 2.75) is 44.8 Å². The Morgan fingerprint density at radius 3 is 1.75 bits per heavy atom. The smallest absolute Gasteiger partial charge is 0.322 e. The lowest BCUT2D eigenvalue weighted by Gasteiger charge is -2.26. The van der Waals surface area contributed by atoms with Crippen LogP contribution in [0.5, 0.6) is 11.5 Å². The number of benzene rings is 2. The van der Waals surface area contributed by atoms with Crippen LogP contribution < -0.4 is 21.7 Å². The fraction of sp³-hybridized carbons (Fsp3) is 0.360. The zero-order valence-corrected chi connectivity index (χ0v) is 20.1.